The van der Waals surface area contributed by atoms with E-state index in [4.69, 9.17) is 5.11 Å². The first-order valence-electron chi connectivity index (χ1n) is 5.57. The second kappa shape index (κ2) is 7.49. The van der Waals surface area contributed by atoms with E-state index in [1.54, 1.807) is 13.0 Å². The molecule has 0 heterocycles. The van der Waals surface area contributed by atoms with Crippen molar-refractivity contribution in [1.82, 2.24) is 5.32 Å². The Morgan fingerprint density at radius 3 is 2.83 bits per heavy atom. The van der Waals surface area contributed by atoms with E-state index in [1.165, 1.54) is 6.07 Å². The first kappa shape index (κ1) is 15.1. The van der Waals surface area contributed by atoms with Gasteiger partial charge in [0.15, 0.2) is 0 Å². The van der Waals surface area contributed by atoms with Crippen molar-refractivity contribution in [2.45, 2.75) is 13.0 Å². The van der Waals surface area contributed by atoms with Gasteiger partial charge in [-0.2, -0.15) is 0 Å². The minimum atomic E-state index is -0.395. The molecule has 18 heavy (non-hydrogen) atoms. The molecule has 3 N–H and O–H groups in total. The maximum Gasteiger partial charge on any atom is 0.293 e. The van der Waals surface area contributed by atoms with Gasteiger partial charge in [-0.05, 0) is 41.6 Å². The number of hydrogen-bond acceptors (Lipinski definition) is 5. The lowest BCUT2D eigenvalue weighted by molar-refractivity contribution is -0.384. The zero-order valence-electron chi connectivity index (χ0n) is 10.0. The number of nitrogens with zero attached hydrogens (tertiary/aromatic N) is 1. The molecule has 6 nitrogen and oxygen atoms in total. The van der Waals surface area contributed by atoms with Crippen molar-refractivity contribution < 1.29 is 10.0 Å². The molecule has 1 unspecified atom stereocenters. The van der Waals surface area contributed by atoms with Crippen LogP contribution in [0, 0.1) is 13.7 Å². The topological polar surface area (TPSA) is 87.4 Å². The molecule has 0 aliphatic rings. The van der Waals surface area contributed by atoms with Crippen molar-refractivity contribution in [1.29, 1.82) is 0 Å². The van der Waals surface area contributed by atoms with Crippen molar-refractivity contribution in [2.75, 3.05) is 25.0 Å². The molecular formula is C11H16IN3O3. The van der Waals surface area contributed by atoms with Crippen molar-refractivity contribution >= 4 is 34.0 Å². The Kier molecular flexibility index (Phi) is 6.30. The lowest BCUT2D eigenvalue weighted by atomic mass is 10.2. The minimum absolute atomic E-state index is 0.0810. The molecule has 1 rings (SSSR count). The molecule has 0 aliphatic carbocycles. The molecule has 0 aliphatic heterocycles. The van der Waals surface area contributed by atoms with Gasteiger partial charge in [0.05, 0.1) is 11.0 Å². The predicted molar refractivity (Wildman–Crippen MR) is 78.9 cm³/mol. The molecule has 100 valence electrons. The zero-order valence-corrected chi connectivity index (χ0v) is 12.2. The van der Waals surface area contributed by atoms with Gasteiger partial charge in [0.1, 0.15) is 5.69 Å². The highest BCUT2D eigenvalue weighted by Crippen LogP contribution is 2.25. The number of halogens is 1. The average Bonchev–Trinajstić information content (AvgIpc) is 2.29. The highest BCUT2D eigenvalue weighted by molar-refractivity contribution is 14.1. The molecule has 0 aromatic heterocycles. The predicted octanol–water partition coefficient (Wildman–Crippen LogP) is 1.58. The van der Waals surface area contributed by atoms with Crippen LogP contribution >= 0.6 is 22.6 Å². The number of nitro groups is 1. The fraction of sp³-hybridized carbons (Fsp3) is 0.455. The summed E-state index contributed by atoms with van der Waals surface area (Å²) in [4.78, 5) is 10.5. The van der Waals surface area contributed by atoms with E-state index in [0.29, 0.717) is 25.3 Å². The number of anilines is 1. The first-order chi connectivity index (χ1) is 8.50. The highest BCUT2D eigenvalue weighted by atomic mass is 127. The Morgan fingerprint density at radius 1 is 1.50 bits per heavy atom. The SMILES string of the molecule is CC(O)CNCCNc1ccc(I)cc1[N+](=O)[O-]. The molecule has 0 fully saturated rings. The third-order valence-electron chi connectivity index (χ3n) is 2.21. The third-order valence-corrected chi connectivity index (χ3v) is 2.88. The maximum absolute atomic E-state index is 10.9. The third kappa shape index (κ3) is 5.15. The number of aliphatic hydroxyl groups excluding tert-OH is 1. The van der Waals surface area contributed by atoms with E-state index >= 15 is 0 Å². The quantitative estimate of drug-likeness (QED) is 0.296. The maximum atomic E-state index is 10.9. The summed E-state index contributed by atoms with van der Waals surface area (Å²) in [6, 6.07) is 5.06. The van der Waals surface area contributed by atoms with Crippen LogP contribution in [0.1, 0.15) is 6.92 Å². The summed E-state index contributed by atoms with van der Waals surface area (Å²) in [5.74, 6) is 0. The molecule has 0 saturated carbocycles. The molecule has 0 radical (unpaired) electrons. The van der Waals surface area contributed by atoms with Gasteiger partial charge in [0, 0.05) is 29.3 Å². The smallest absolute Gasteiger partial charge is 0.293 e. The standard InChI is InChI=1S/C11H16IN3O3/c1-8(16)7-13-4-5-14-10-3-2-9(12)6-11(10)15(17)18/h2-3,6,8,13-14,16H,4-5,7H2,1H3. The Balaban J connectivity index is 2.49. The first-order valence-corrected chi connectivity index (χ1v) is 6.65. The highest BCUT2D eigenvalue weighted by Gasteiger charge is 2.13. The lowest BCUT2D eigenvalue weighted by Gasteiger charge is -2.09. The number of nitro benzene ring substituents is 1. The molecule has 0 spiro atoms. The van der Waals surface area contributed by atoms with Gasteiger partial charge >= 0.3 is 0 Å². The molecule has 7 heteroatoms. The zero-order chi connectivity index (χ0) is 13.5. The van der Waals surface area contributed by atoms with Crippen LogP contribution in [-0.2, 0) is 0 Å². The van der Waals surface area contributed by atoms with Crippen molar-refractivity contribution in [3.05, 3.63) is 31.9 Å². The van der Waals surface area contributed by atoms with Crippen LogP contribution in [-0.4, -0.2) is 35.8 Å². The van der Waals surface area contributed by atoms with Crippen molar-refractivity contribution in [3.8, 4) is 0 Å². The number of rotatable bonds is 7. The van der Waals surface area contributed by atoms with E-state index in [0.717, 1.165) is 3.57 Å². The molecule has 1 aromatic carbocycles. The van der Waals surface area contributed by atoms with Crippen LogP contribution in [0.25, 0.3) is 0 Å². The molecule has 0 saturated heterocycles. The summed E-state index contributed by atoms with van der Waals surface area (Å²) >= 11 is 2.04. The Labute approximate surface area is 119 Å². The Morgan fingerprint density at radius 2 is 2.22 bits per heavy atom. The van der Waals surface area contributed by atoms with E-state index < -0.39 is 11.0 Å². The Hall–Kier alpha value is -0.930. The van der Waals surface area contributed by atoms with Crippen LogP contribution in [0.2, 0.25) is 0 Å². The Bertz CT molecular complexity index is 413. The number of benzene rings is 1. The van der Waals surface area contributed by atoms with Crippen molar-refractivity contribution in [2.24, 2.45) is 0 Å². The van der Waals surface area contributed by atoms with Gasteiger partial charge in [-0.1, -0.05) is 0 Å². The van der Waals surface area contributed by atoms with Crippen LogP contribution in [0.15, 0.2) is 18.2 Å². The van der Waals surface area contributed by atoms with Crippen LogP contribution in [0.5, 0.6) is 0 Å². The van der Waals surface area contributed by atoms with E-state index in [-0.39, 0.29) is 5.69 Å². The summed E-state index contributed by atoms with van der Waals surface area (Å²) in [5, 5.41) is 25.9. The summed E-state index contributed by atoms with van der Waals surface area (Å²) in [6.07, 6.45) is -0.391. The molecule has 1 atom stereocenters. The largest absolute Gasteiger partial charge is 0.392 e. The summed E-state index contributed by atoms with van der Waals surface area (Å²) in [6.45, 7) is 3.41. The molecule has 0 bridgehead atoms. The lowest BCUT2D eigenvalue weighted by Crippen LogP contribution is -2.29. The van der Waals surface area contributed by atoms with Gasteiger partial charge in [-0.3, -0.25) is 10.1 Å². The minimum Gasteiger partial charge on any atom is -0.392 e. The second-order valence-corrected chi connectivity index (χ2v) is 5.14. The van der Waals surface area contributed by atoms with Crippen LogP contribution in [0.3, 0.4) is 0 Å². The van der Waals surface area contributed by atoms with Gasteiger partial charge in [0.2, 0.25) is 0 Å². The summed E-state index contributed by atoms with van der Waals surface area (Å²) < 4.78 is 0.831. The summed E-state index contributed by atoms with van der Waals surface area (Å²) in [5.41, 5.74) is 0.594. The van der Waals surface area contributed by atoms with E-state index in [9.17, 15) is 10.1 Å². The number of nitrogens with one attached hydrogen (secondary N) is 2. The van der Waals surface area contributed by atoms with Crippen LogP contribution in [0.4, 0.5) is 11.4 Å². The normalized spacial score (nSPS) is 12.2. The van der Waals surface area contributed by atoms with Gasteiger partial charge < -0.3 is 15.7 Å². The number of aliphatic hydroxyl groups is 1. The fourth-order valence-corrected chi connectivity index (χ4v) is 1.88. The second-order valence-electron chi connectivity index (χ2n) is 3.90. The average molecular weight is 365 g/mol. The van der Waals surface area contributed by atoms with Gasteiger partial charge in [-0.15, -0.1) is 0 Å². The van der Waals surface area contributed by atoms with E-state index in [2.05, 4.69) is 10.6 Å². The molecular weight excluding hydrogens is 349 g/mol. The monoisotopic (exact) mass is 365 g/mol. The fourth-order valence-electron chi connectivity index (χ4n) is 1.40. The molecule has 1 aromatic rings. The van der Waals surface area contributed by atoms with Crippen molar-refractivity contribution in [3.63, 3.8) is 0 Å². The molecule has 0 amide bonds. The van der Waals surface area contributed by atoms with Gasteiger partial charge in [-0.25, -0.2) is 0 Å². The summed E-state index contributed by atoms with van der Waals surface area (Å²) in [7, 11) is 0. The van der Waals surface area contributed by atoms with Crippen LogP contribution < -0.4 is 10.6 Å². The number of hydrogen-bond donors (Lipinski definition) is 3. The van der Waals surface area contributed by atoms with Gasteiger partial charge in [0.25, 0.3) is 5.69 Å². The van der Waals surface area contributed by atoms with E-state index in [1.807, 2.05) is 28.7 Å².